The van der Waals surface area contributed by atoms with Crippen molar-refractivity contribution in [2.75, 3.05) is 0 Å². The third kappa shape index (κ3) is 7.16. The van der Waals surface area contributed by atoms with Crippen LogP contribution in [-0.4, -0.2) is 0 Å². The van der Waals surface area contributed by atoms with E-state index in [0.717, 1.165) is 60.8 Å². The van der Waals surface area contributed by atoms with Crippen molar-refractivity contribution >= 4 is 0 Å². The van der Waals surface area contributed by atoms with Gasteiger partial charge in [-0.1, -0.05) is 75.0 Å². The summed E-state index contributed by atoms with van der Waals surface area (Å²) in [6, 6.07) is 21.6. The van der Waals surface area contributed by atoms with E-state index in [2.05, 4.69) is 61.8 Å². The molecule has 3 aromatic rings. The van der Waals surface area contributed by atoms with Gasteiger partial charge in [0.25, 0.3) is 0 Å². The third-order valence-corrected chi connectivity index (χ3v) is 5.18. The van der Waals surface area contributed by atoms with Crippen LogP contribution in [0, 0.1) is 29.5 Å². The van der Waals surface area contributed by atoms with E-state index in [1.165, 1.54) is 5.56 Å². The van der Waals surface area contributed by atoms with E-state index in [9.17, 15) is 4.39 Å². The molecule has 0 radical (unpaired) electrons. The number of unbranched alkanes of at least 4 members (excludes halogenated alkanes) is 2. The van der Waals surface area contributed by atoms with Gasteiger partial charge in [-0.2, -0.15) is 0 Å². The van der Waals surface area contributed by atoms with Crippen LogP contribution in [0.3, 0.4) is 0 Å². The molecule has 0 heterocycles. The summed E-state index contributed by atoms with van der Waals surface area (Å²) >= 11 is 0. The topological polar surface area (TPSA) is 0 Å². The van der Waals surface area contributed by atoms with Gasteiger partial charge in [-0.15, -0.1) is 0 Å². The molecule has 0 fully saturated rings. The van der Waals surface area contributed by atoms with Gasteiger partial charge < -0.3 is 0 Å². The fourth-order valence-corrected chi connectivity index (χ4v) is 3.36. The fraction of sp³-hybridized carbons (Fsp3) is 0.267. The smallest absolute Gasteiger partial charge is 0.127 e. The standard InChI is InChI=1S/C30H29F/c1-3-5-6-8-29-22-21-28(23-30(29)31)20-19-27-17-15-26(16-18-27)14-13-25-11-9-24(7-4-2)10-12-25/h9-12,15-18,21-23H,3-8H2,1-2H3. The first-order valence-corrected chi connectivity index (χ1v) is 11.2. The summed E-state index contributed by atoms with van der Waals surface area (Å²) < 4.78 is 14.3. The average Bonchev–Trinajstić information content (AvgIpc) is 2.79. The fourth-order valence-electron chi connectivity index (χ4n) is 3.36. The molecular weight excluding hydrogens is 379 g/mol. The van der Waals surface area contributed by atoms with Gasteiger partial charge in [0, 0.05) is 22.3 Å². The second-order valence-electron chi connectivity index (χ2n) is 7.79. The van der Waals surface area contributed by atoms with Gasteiger partial charge >= 0.3 is 0 Å². The maximum atomic E-state index is 14.3. The summed E-state index contributed by atoms with van der Waals surface area (Å²) in [5.41, 5.74) is 5.69. The largest absolute Gasteiger partial charge is 0.207 e. The predicted octanol–water partition coefficient (Wildman–Crippen LogP) is 7.31. The molecule has 0 saturated carbocycles. The van der Waals surface area contributed by atoms with Crippen LogP contribution in [0.25, 0.3) is 0 Å². The van der Waals surface area contributed by atoms with Crippen molar-refractivity contribution < 1.29 is 4.39 Å². The molecule has 31 heavy (non-hydrogen) atoms. The Morgan fingerprint density at radius 1 is 0.581 bits per heavy atom. The van der Waals surface area contributed by atoms with Crippen molar-refractivity contribution in [3.8, 4) is 23.7 Å². The van der Waals surface area contributed by atoms with E-state index < -0.39 is 0 Å². The third-order valence-electron chi connectivity index (χ3n) is 5.18. The van der Waals surface area contributed by atoms with Crippen molar-refractivity contribution in [2.24, 2.45) is 0 Å². The SMILES string of the molecule is CCCCCc1ccc(C#Cc2ccc(C#Cc3ccc(CCC)cc3)cc2)cc1F. The summed E-state index contributed by atoms with van der Waals surface area (Å²) in [4.78, 5) is 0. The molecule has 0 saturated heterocycles. The molecule has 0 spiro atoms. The number of hydrogen-bond donors (Lipinski definition) is 0. The van der Waals surface area contributed by atoms with E-state index in [4.69, 9.17) is 0 Å². The molecule has 0 amide bonds. The molecule has 0 aliphatic carbocycles. The quantitative estimate of drug-likeness (QED) is 0.296. The predicted molar refractivity (Wildman–Crippen MR) is 128 cm³/mol. The van der Waals surface area contributed by atoms with Crippen LogP contribution in [0.2, 0.25) is 0 Å². The van der Waals surface area contributed by atoms with Crippen molar-refractivity contribution in [1.29, 1.82) is 0 Å². The van der Waals surface area contributed by atoms with Gasteiger partial charge in [-0.3, -0.25) is 0 Å². The molecule has 0 unspecified atom stereocenters. The monoisotopic (exact) mass is 408 g/mol. The van der Waals surface area contributed by atoms with E-state index in [1.54, 1.807) is 6.07 Å². The molecule has 156 valence electrons. The lowest BCUT2D eigenvalue weighted by Gasteiger charge is -2.03. The lowest BCUT2D eigenvalue weighted by molar-refractivity contribution is 0.598. The number of halogens is 1. The highest BCUT2D eigenvalue weighted by Gasteiger charge is 2.02. The molecule has 0 atom stereocenters. The molecular formula is C30H29F. The Morgan fingerprint density at radius 3 is 1.61 bits per heavy atom. The molecule has 1 heteroatoms. The van der Waals surface area contributed by atoms with Crippen LogP contribution in [0.15, 0.2) is 66.7 Å². The molecule has 0 aromatic heterocycles. The van der Waals surface area contributed by atoms with E-state index in [1.807, 2.05) is 36.4 Å². The van der Waals surface area contributed by atoms with Gasteiger partial charge in [0.15, 0.2) is 0 Å². The Bertz CT molecular complexity index is 1100. The average molecular weight is 409 g/mol. The Hall–Kier alpha value is -3.29. The molecule has 0 aliphatic heterocycles. The van der Waals surface area contributed by atoms with Crippen molar-refractivity contribution in [3.05, 3.63) is 106 Å². The summed E-state index contributed by atoms with van der Waals surface area (Å²) in [5.74, 6) is 12.4. The molecule has 0 N–H and O–H groups in total. The number of benzene rings is 3. The highest BCUT2D eigenvalue weighted by molar-refractivity contribution is 5.48. The molecule has 0 aliphatic rings. The zero-order valence-corrected chi connectivity index (χ0v) is 18.5. The summed E-state index contributed by atoms with van der Waals surface area (Å²) in [6.07, 6.45) is 6.34. The normalized spacial score (nSPS) is 10.0. The van der Waals surface area contributed by atoms with Crippen LogP contribution in [0.1, 0.15) is 72.9 Å². The lowest BCUT2D eigenvalue weighted by atomic mass is 10.0. The van der Waals surface area contributed by atoms with Crippen LogP contribution in [-0.2, 0) is 12.8 Å². The van der Waals surface area contributed by atoms with Crippen LogP contribution < -0.4 is 0 Å². The maximum absolute atomic E-state index is 14.3. The Balaban J connectivity index is 1.63. The minimum absolute atomic E-state index is 0.156. The molecule has 0 nitrogen and oxygen atoms in total. The minimum atomic E-state index is -0.156. The summed E-state index contributed by atoms with van der Waals surface area (Å²) in [5, 5.41) is 0. The first kappa shape index (κ1) is 22.4. The minimum Gasteiger partial charge on any atom is -0.207 e. The summed E-state index contributed by atoms with van der Waals surface area (Å²) in [7, 11) is 0. The highest BCUT2D eigenvalue weighted by atomic mass is 19.1. The zero-order chi connectivity index (χ0) is 21.9. The van der Waals surface area contributed by atoms with Crippen molar-refractivity contribution in [3.63, 3.8) is 0 Å². The molecule has 3 aromatic carbocycles. The van der Waals surface area contributed by atoms with Crippen LogP contribution in [0.5, 0.6) is 0 Å². The van der Waals surface area contributed by atoms with Crippen LogP contribution >= 0.6 is 0 Å². The van der Waals surface area contributed by atoms with Gasteiger partial charge in [-0.05, 0) is 78.9 Å². The van der Waals surface area contributed by atoms with Crippen molar-refractivity contribution in [2.45, 2.75) is 52.4 Å². The Labute approximate surface area is 186 Å². The number of hydrogen-bond acceptors (Lipinski definition) is 0. The van der Waals surface area contributed by atoms with Gasteiger partial charge in [0.05, 0.1) is 0 Å². The lowest BCUT2D eigenvalue weighted by Crippen LogP contribution is -1.92. The zero-order valence-electron chi connectivity index (χ0n) is 18.5. The second-order valence-corrected chi connectivity index (χ2v) is 7.79. The van der Waals surface area contributed by atoms with Crippen molar-refractivity contribution in [1.82, 2.24) is 0 Å². The number of aryl methyl sites for hydroxylation is 2. The van der Waals surface area contributed by atoms with Gasteiger partial charge in [-0.25, -0.2) is 4.39 Å². The Kier molecular flexibility index (Phi) is 8.51. The molecule has 0 bridgehead atoms. The first-order chi connectivity index (χ1) is 15.2. The van der Waals surface area contributed by atoms with E-state index in [-0.39, 0.29) is 5.82 Å². The highest BCUT2D eigenvalue weighted by Crippen LogP contribution is 2.14. The summed E-state index contributed by atoms with van der Waals surface area (Å²) in [6.45, 7) is 4.34. The first-order valence-electron chi connectivity index (χ1n) is 11.2. The maximum Gasteiger partial charge on any atom is 0.127 e. The van der Waals surface area contributed by atoms with Gasteiger partial charge in [0.2, 0.25) is 0 Å². The van der Waals surface area contributed by atoms with E-state index >= 15 is 0 Å². The van der Waals surface area contributed by atoms with E-state index in [0.29, 0.717) is 5.56 Å². The number of rotatable bonds is 6. The molecule has 3 rings (SSSR count). The van der Waals surface area contributed by atoms with Crippen LogP contribution in [0.4, 0.5) is 4.39 Å². The van der Waals surface area contributed by atoms with Gasteiger partial charge in [0.1, 0.15) is 5.82 Å². The Morgan fingerprint density at radius 2 is 1.10 bits per heavy atom. The second kappa shape index (κ2) is 11.8.